The molecule has 0 bridgehead atoms. The summed E-state index contributed by atoms with van der Waals surface area (Å²) in [4.78, 5) is 42.4. The van der Waals surface area contributed by atoms with Crippen molar-refractivity contribution in [3.8, 4) is 0 Å². The Morgan fingerprint density at radius 1 is 1.30 bits per heavy atom. The number of carbonyl (C=O) groups is 3. The number of nitrogens with zero attached hydrogens (tertiary/aromatic N) is 4. The molecule has 1 N–H and O–H groups in total. The molecular weight excluding hydrogens is 366 g/mol. The summed E-state index contributed by atoms with van der Waals surface area (Å²) in [5, 5.41) is 11.7. The largest absolute Gasteiger partial charge is 0.307 e. The van der Waals surface area contributed by atoms with Crippen LogP contribution in [-0.2, 0) is 9.59 Å². The van der Waals surface area contributed by atoms with Gasteiger partial charge in [0.15, 0.2) is 0 Å². The summed E-state index contributed by atoms with van der Waals surface area (Å²) in [6.45, 7) is 4.11. The minimum absolute atomic E-state index is 0.167. The van der Waals surface area contributed by atoms with Crippen molar-refractivity contribution < 1.29 is 14.4 Å². The number of para-hydroxylation sites is 1. The van der Waals surface area contributed by atoms with Crippen LogP contribution in [0.1, 0.15) is 41.6 Å². The summed E-state index contributed by atoms with van der Waals surface area (Å²) in [5.74, 6) is -0.831. The Kier molecular flexibility index (Phi) is 4.18. The fourth-order valence-electron chi connectivity index (χ4n) is 3.86. The van der Waals surface area contributed by atoms with Gasteiger partial charge in [0.25, 0.3) is 11.8 Å². The fraction of sp³-hybridized carbons (Fsp3) is 0.389. The molecule has 1 saturated heterocycles. The van der Waals surface area contributed by atoms with Gasteiger partial charge in [0.1, 0.15) is 5.01 Å². The third kappa shape index (κ3) is 2.53. The SMILES string of the molecule is CCCN1C(=O)c2ccccc2N2C(=O)CC[C@]12C(=O)Nc1nnc(C)s1. The molecular formula is C18H19N5O3S. The predicted molar refractivity (Wildman–Crippen MR) is 100 cm³/mol. The molecule has 3 heterocycles. The Morgan fingerprint density at radius 3 is 2.78 bits per heavy atom. The highest BCUT2D eigenvalue weighted by atomic mass is 32.1. The van der Waals surface area contributed by atoms with Crippen molar-refractivity contribution in [2.75, 3.05) is 16.8 Å². The van der Waals surface area contributed by atoms with Gasteiger partial charge in [-0.3, -0.25) is 24.6 Å². The Labute approximate surface area is 160 Å². The second kappa shape index (κ2) is 6.41. The van der Waals surface area contributed by atoms with E-state index < -0.39 is 11.6 Å². The highest BCUT2D eigenvalue weighted by molar-refractivity contribution is 7.15. The first-order valence-electron chi connectivity index (χ1n) is 8.84. The lowest BCUT2D eigenvalue weighted by Gasteiger charge is -2.48. The van der Waals surface area contributed by atoms with Gasteiger partial charge in [-0.05, 0) is 25.5 Å². The first-order valence-corrected chi connectivity index (χ1v) is 9.66. The first-order chi connectivity index (χ1) is 13.0. The van der Waals surface area contributed by atoms with Gasteiger partial charge in [0.2, 0.25) is 16.7 Å². The van der Waals surface area contributed by atoms with Crippen molar-refractivity contribution in [2.24, 2.45) is 0 Å². The van der Waals surface area contributed by atoms with Crippen LogP contribution in [0.3, 0.4) is 0 Å². The first kappa shape index (κ1) is 17.6. The van der Waals surface area contributed by atoms with E-state index in [-0.39, 0.29) is 24.7 Å². The van der Waals surface area contributed by atoms with Crippen LogP contribution in [-0.4, -0.2) is 45.0 Å². The van der Waals surface area contributed by atoms with E-state index in [1.165, 1.54) is 21.1 Å². The number of aryl methyl sites for hydroxylation is 1. The Balaban J connectivity index is 1.85. The number of amides is 3. The van der Waals surface area contributed by atoms with Crippen LogP contribution in [0.25, 0.3) is 0 Å². The van der Waals surface area contributed by atoms with Gasteiger partial charge >= 0.3 is 0 Å². The fourth-order valence-corrected chi connectivity index (χ4v) is 4.44. The highest BCUT2D eigenvalue weighted by Crippen LogP contribution is 2.45. The summed E-state index contributed by atoms with van der Waals surface area (Å²) >= 11 is 1.25. The molecule has 1 aromatic carbocycles. The smallest absolute Gasteiger partial charge is 0.273 e. The van der Waals surface area contributed by atoms with Gasteiger partial charge in [-0.1, -0.05) is 30.4 Å². The molecule has 1 aromatic heterocycles. The van der Waals surface area contributed by atoms with Crippen LogP contribution in [0.15, 0.2) is 24.3 Å². The maximum atomic E-state index is 13.4. The summed E-state index contributed by atoms with van der Waals surface area (Å²) in [6, 6.07) is 6.95. The number of benzene rings is 1. The number of nitrogens with one attached hydrogen (secondary N) is 1. The number of carbonyl (C=O) groups excluding carboxylic acids is 3. The highest BCUT2D eigenvalue weighted by Gasteiger charge is 2.60. The summed E-state index contributed by atoms with van der Waals surface area (Å²) in [5.41, 5.74) is -0.449. The minimum atomic E-state index is -1.38. The summed E-state index contributed by atoms with van der Waals surface area (Å²) in [6.07, 6.45) is 1.11. The molecule has 3 amide bonds. The zero-order valence-electron chi connectivity index (χ0n) is 15.1. The topological polar surface area (TPSA) is 95.5 Å². The second-order valence-electron chi connectivity index (χ2n) is 6.60. The Hall–Kier alpha value is -2.81. The van der Waals surface area contributed by atoms with Gasteiger partial charge in [-0.2, -0.15) is 0 Å². The molecule has 27 heavy (non-hydrogen) atoms. The number of rotatable bonds is 4. The number of fused-ring (bicyclic) bond motifs is 3. The Morgan fingerprint density at radius 2 is 2.07 bits per heavy atom. The van der Waals surface area contributed by atoms with Gasteiger partial charge in [-0.15, -0.1) is 10.2 Å². The summed E-state index contributed by atoms with van der Waals surface area (Å²) in [7, 11) is 0. The molecule has 0 aliphatic carbocycles. The molecule has 0 unspecified atom stereocenters. The molecule has 0 radical (unpaired) electrons. The molecule has 8 nitrogen and oxygen atoms in total. The molecule has 0 saturated carbocycles. The van der Waals surface area contributed by atoms with Crippen LogP contribution in [0.4, 0.5) is 10.8 Å². The van der Waals surface area contributed by atoms with E-state index in [2.05, 4.69) is 15.5 Å². The molecule has 1 atom stereocenters. The monoisotopic (exact) mass is 385 g/mol. The molecule has 140 valence electrons. The quantitative estimate of drug-likeness (QED) is 0.870. The van der Waals surface area contributed by atoms with Gasteiger partial charge in [0.05, 0.1) is 11.3 Å². The third-order valence-corrected chi connectivity index (χ3v) is 5.69. The lowest BCUT2D eigenvalue weighted by molar-refractivity contribution is -0.128. The lowest BCUT2D eigenvalue weighted by atomic mass is 9.95. The Bertz CT molecular complexity index is 943. The van der Waals surface area contributed by atoms with E-state index in [0.29, 0.717) is 29.3 Å². The molecule has 0 spiro atoms. The molecule has 4 rings (SSSR count). The minimum Gasteiger partial charge on any atom is -0.307 e. The van der Waals surface area contributed by atoms with E-state index in [0.717, 1.165) is 5.01 Å². The molecule has 1 fully saturated rings. The standard InChI is InChI=1S/C18H19N5O3S/c1-3-10-22-15(25)12-6-4-5-7-13(12)23-14(24)8-9-18(22,23)16(26)19-17-21-20-11(2)27-17/h4-7H,3,8-10H2,1-2H3,(H,19,21,26)/t18-/m0/s1. The molecule has 2 aromatic rings. The van der Waals surface area contributed by atoms with Crippen molar-refractivity contribution >= 4 is 39.9 Å². The average Bonchev–Trinajstić information content (AvgIpc) is 3.22. The van der Waals surface area contributed by atoms with Gasteiger partial charge < -0.3 is 4.90 Å². The van der Waals surface area contributed by atoms with Crippen LogP contribution < -0.4 is 10.2 Å². The average molecular weight is 385 g/mol. The van der Waals surface area contributed by atoms with Crippen LogP contribution in [0, 0.1) is 6.92 Å². The maximum absolute atomic E-state index is 13.4. The van der Waals surface area contributed by atoms with Gasteiger partial charge in [0, 0.05) is 19.4 Å². The normalized spacial score (nSPS) is 21.3. The van der Waals surface area contributed by atoms with Crippen molar-refractivity contribution in [3.05, 3.63) is 34.8 Å². The maximum Gasteiger partial charge on any atom is 0.273 e. The van der Waals surface area contributed by atoms with Crippen molar-refractivity contribution in [1.29, 1.82) is 0 Å². The number of anilines is 2. The van der Waals surface area contributed by atoms with E-state index in [1.54, 1.807) is 31.2 Å². The van der Waals surface area contributed by atoms with Crippen molar-refractivity contribution in [1.82, 2.24) is 15.1 Å². The van der Waals surface area contributed by atoms with E-state index in [1.807, 2.05) is 6.92 Å². The number of aromatic nitrogens is 2. The van der Waals surface area contributed by atoms with E-state index in [4.69, 9.17) is 0 Å². The predicted octanol–water partition coefficient (Wildman–Crippen LogP) is 2.17. The van der Waals surface area contributed by atoms with E-state index in [9.17, 15) is 14.4 Å². The zero-order valence-corrected chi connectivity index (χ0v) is 15.9. The zero-order chi connectivity index (χ0) is 19.2. The summed E-state index contributed by atoms with van der Waals surface area (Å²) < 4.78 is 0. The van der Waals surface area contributed by atoms with Crippen LogP contribution in [0.2, 0.25) is 0 Å². The molecule has 2 aliphatic rings. The van der Waals surface area contributed by atoms with Crippen LogP contribution >= 0.6 is 11.3 Å². The third-order valence-electron chi connectivity index (χ3n) is 4.93. The van der Waals surface area contributed by atoms with Gasteiger partial charge in [-0.25, -0.2) is 0 Å². The second-order valence-corrected chi connectivity index (χ2v) is 7.78. The van der Waals surface area contributed by atoms with Crippen molar-refractivity contribution in [2.45, 2.75) is 38.8 Å². The van der Waals surface area contributed by atoms with E-state index >= 15 is 0 Å². The number of hydrogen-bond donors (Lipinski definition) is 1. The van der Waals surface area contributed by atoms with Crippen LogP contribution in [0.5, 0.6) is 0 Å². The lowest BCUT2D eigenvalue weighted by Crippen LogP contribution is -2.69. The molecule has 2 aliphatic heterocycles. The molecule has 9 heteroatoms. The van der Waals surface area contributed by atoms with Crippen molar-refractivity contribution in [3.63, 3.8) is 0 Å². The number of hydrogen-bond acceptors (Lipinski definition) is 6.